The van der Waals surface area contributed by atoms with Crippen LogP contribution in [0.1, 0.15) is 22.5 Å². The van der Waals surface area contributed by atoms with Crippen molar-refractivity contribution in [1.29, 1.82) is 0 Å². The zero-order chi connectivity index (χ0) is 7.14. The SMILES string of the molecule is O=C1CCc2c[n]([AlH2])nc21. The van der Waals surface area contributed by atoms with E-state index in [2.05, 4.69) is 5.10 Å². The van der Waals surface area contributed by atoms with Crippen LogP contribution in [-0.4, -0.2) is 31.1 Å². The molecule has 3 nitrogen and oxygen atoms in total. The number of ketones is 1. The molecule has 0 aromatic carbocycles. The summed E-state index contributed by atoms with van der Waals surface area (Å²) in [5.41, 5.74) is 1.86. The Morgan fingerprint density at radius 1 is 1.60 bits per heavy atom. The largest absolute Gasteiger partial charge is 0.397 e. The summed E-state index contributed by atoms with van der Waals surface area (Å²) < 4.78 is 1.84. The van der Waals surface area contributed by atoms with E-state index in [0.717, 1.165) is 34.2 Å². The van der Waals surface area contributed by atoms with Crippen molar-refractivity contribution >= 4 is 22.3 Å². The first kappa shape index (κ1) is 6.14. The van der Waals surface area contributed by atoms with Crippen molar-refractivity contribution in [2.75, 3.05) is 0 Å². The lowest BCUT2D eigenvalue weighted by molar-refractivity contribution is 0.0989. The predicted molar refractivity (Wildman–Crippen MR) is 38.8 cm³/mol. The second-order valence-electron chi connectivity index (χ2n) is 2.60. The Balaban J connectivity index is 2.59. The fourth-order valence-electron chi connectivity index (χ4n) is 1.32. The highest BCUT2D eigenvalue weighted by Crippen LogP contribution is 2.18. The van der Waals surface area contributed by atoms with Gasteiger partial charge in [-0.15, -0.1) is 0 Å². The third-order valence-electron chi connectivity index (χ3n) is 1.79. The lowest BCUT2D eigenvalue weighted by Gasteiger charge is -1.86. The number of fused-ring (bicyclic) bond motifs is 1. The van der Waals surface area contributed by atoms with Gasteiger partial charge in [0.1, 0.15) is 5.69 Å². The predicted octanol–water partition coefficient (Wildman–Crippen LogP) is -0.592. The number of rotatable bonds is 0. The van der Waals surface area contributed by atoms with Gasteiger partial charge in [0.15, 0.2) is 5.78 Å². The van der Waals surface area contributed by atoms with Crippen LogP contribution in [0, 0.1) is 0 Å². The smallest absolute Gasteiger partial charge is 0.373 e. The molecule has 0 aliphatic heterocycles. The number of hydrogen-bond acceptors (Lipinski definition) is 2. The van der Waals surface area contributed by atoms with Crippen LogP contribution in [0.4, 0.5) is 0 Å². The van der Waals surface area contributed by atoms with Gasteiger partial charge in [-0.25, -0.2) is 0 Å². The van der Waals surface area contributed by atoms with Crippen LogP contribution in [0.25, 0.3) is 0 Å². The van der Waals surface area contributed by atoms with Crippen LogP contribution in [-0.2, 0) is 6.42 Å². The van der Waals surface area contributed by atoms with Gasteiger partial charge in [0.2, 0.25) is 0 Å². The number of nitrogens with zero attached hydrogens (tertiary/aromatic N) is 2. The van der Waals surface area contributed by atoms with E-state index in [4.69, 9.17) is 0 Å². The van der Waals surface area contributed by atoms with Gasteiger partial charge in [-0.3, -0.25) is 4.79 Å². The Hall–Kier alpha value is -0.588. The Bertz CT molecular complexity index is 292. The first-order valence-corrected chi connectivity index (χ1v) is 4.22. The van der Waals surface area contributed by atoms with Gasteiger partial charge >= 0.3 is 16.5 Å². The summed E-state index contributed by atoms with van der Waals surface area (Å²) in [6, 6.07) is 0. The Morgan fingerprint density at radius 3 is 3.10 bits per heavy atom. The highest BCUT2D eigenvalue weighted by molar-refractivity contribution is 6.07. The molecule has 0 spiro atoms. The third kappa shape index (κ3) is 0.732. The number of hydrogen-bond donors (Lipinski definition) is 0. The van der Waals surface area contributed by atoms with Crippen molar-refractivity contribution in [3.05, 3.63) is 17.5 Å². The zero-order valence-electron chi connectivity index (χ0n) is 5.79. The highest BCUT2D eigenvalue weighted by atomic mass is 27.1. The van der Waals surface area contributed by atoms with Gasteiger partial charge in [0, 0.05) is 12.6 Å². The summed E-state index contributed by atoms with van der Waals surface area (Å²) >= 11 is 0.876. The van der Waals surface area contributed by atoms with Crippen molar-refractivity contribution in [3.8, 4) is 0 Å². The molecule has 0 radical (unpaired) electrons. The second-order valence-corrected chi connectivity index (χ2v) is 3.52. The van der Waals surface area contributed by atoms with Crippen LogP contribution in [0.15, 0.2) is 6.20 Å². The van der Waals surface area contributed by atoms with Gasteiger partial charge in [-0.05, 0) is 12.0 Å². The van der Waals surface area contributed by atoms with E-state index in [0.29, 0.717) is 6.42 Å². The van der Waals surface area contributed by atoms with Gasteiger partial charge in [0.25, 0.3) is 0 Å². The Morgan fingerprint density at radius 2 is 2.40 bits per heavy atom. The molecule has 0 amide bonds. The average molecular weight is 150 g/mol. The maximum absolute atomic E-state index is 11.0. The first-order chi connectivity index (χ1) is 4.77. The summed E-state index contributed by atoms with van der Waals surface area (Å²) in [5.74, 6) is 0.213. The van der Waals surface area contributed by atoms with Crippen molar-refractivity contribution in [2.45, 2.75) is 12.8 Å². The molecule has 0 saturated heterocycles. The molecule has 1 aliphatic carbocycles. The fraction of sp³-hybridized carbons (Fsp3) is 0.333. The molecule has 1 aromatic heterocycles. The maximum atomic E-state index is 11.0. The lowest BCUT2D eigenvalue weighted by atomic mass is 10.3. The molecule has 2 rings (SSSR count). The molecule has 0 atom stereocenters. The maximum Gasteiger partial charge on any atom is 0.397 e. The van der Waals surface area contributed by atoms with E-state index in [9.17, 15) is 4.79 Å². The zero-order valence-corrected chi connectivity index (χ0v) is 7.79. The van der Waals surface area contributed by atoms with Crippen LogP contribution < -0.4 is 0 Å². The molecule has 4 heteroatoms. The molecule has 0 N–H and O–H groups in total. The van der Waals surface area contributed by atoms with E-state index < -0.39 is 0 Å². The molecule has 1 aromatic rings. The molecule has 0 bridgehead atoms. The molecular formula is C6H7AlN2O. The van der Waals surface area contributed by atoms with Gasteiger partial charge < -0.3 is 3.67 Å². The number of carbonyl (C=O) groups is 1. The minimum Gasteiger partial charge on any atom is -0.373 e. The van der Waals surface area contributed by atoms with Crippen molar-refractivity contribution in [1.82, 2.24) is 8.76 Å². The molecule has 0 fully saturated rings. The standard InChI is InChI=1S/C6H6N2O.Al.2H/c9-5-2-1-4-3-7-8-6(4)5;;;/h3H,1-2H2,(H,7,8,9);;;/q;+1;;/p-1. The van der Waals surface area contributed by atoms with E-state index in [1.54, 1.807) is 0 Å². The molecule has 0 saturated carbocycles. The molecule has 10 heavy (non-hydrogen) atoms. The molecule has 1 heterocycles. The van der Waals surface area contributed by atoms with E-state index in [1.165, 1.54) is 0 Å². The summed E-state index contributed by atoms with van der Waals surface area (Å²) in [7, 11) is 0. The number of carbonyl (C=O) groups excluding carboxylic acids is 1. The Labute approximate surface area is 66.7 Å². The van der Waals surface area contributed by atoms with Crippen molar-refractivity contribution < 1.29 is 4.79 Å². The van der Waals surface area contributed by atoms with Gasteiger partial charge in [-0.2, -0.15) is 5.10 Å². The Kier molecular flexibility index (Phi) is 1.20. The molecule has 0 unspecified atom stereocenters. The summed E-state index contributed by atoms with van der Waals surface area (Å²) in [6.07, 6.45) is 3.54. The summed E-state index contributed by atoms with van der Waals surface area (Å²) in [6.45, 7) is 0. The summed E-state index contributed by atoms with van der Waals surface area (Å²) in [4.78, 5) is 11.0. The topological polar surface area (TPSA) is 34.9 Å². The quantitative estimate of drug-likeness (QED) is 0.463. The first-order valence-electron chi connectivity index (χ1n) is 3.33. The van der Waals surface area contributed by atoms with E-state index in [-0.39, 0.29) is 5.78 Å². The van der Waals surface area contributed by atoms with Crippen LogP contribution in [0.2, 0.25) is 0 Å². The van der Waals surface area contributed by atoms with E-state index in [1.807, 2.05) is 9.86 Å². The van der Waals surface area contributed by atoms with Crippen LogP contribution >= 0.6 is 0 Å². The van der Waals surface area contributed by atoms with Crippen molar-refractivity contribution in [3.63, 3.8) is 0 Å². The number of aryl methyl sites for hydroxylation is 1. The van der Waals surface area contributed by atoms with Crippen molar-refractivity contribution in [2.24, 2.45) is 0 Å². The van der Waals surface area contributed by atoms with Gasteiger partial charge in [0.05, 0.1) is 0 Å². The summed E-state index contributed by atoms with van der Waals surface area (Å²) in [5, 5.41) is 4.10. The minimum absolute atomic E-state index is 0.213. The van der Waals surface area contributed by atoms with Crippen LogP contribution in [0.3, 0.4) is 0 Å². The number of aromatic nitrogens is 2. The molecule has 1 aliphatic rings. The normalized spacial score (nSPS) is 15.8. The lowest BCUT2D eigenvalue weighted by Crippen LogP contribution is -1.98. The monoisotopic (exact) mass is 150 g/mol. The highest BCUT2D eigenvalue weighted by Gasteiger charge is 2.21. The van der Waals surface area contributed by atoms with Gasteiger partial charge in [-0.1, -0.05) is 0 Å². The fourth-order valence-corrected chi connectivity index (χ4v) is 1.83. The van der Waals surface area contributed by atoms with E-state index >= 15 is 0 Å². The number of Topliss-reactive ketones (excluding diaryl/α,β-unsaturated/α-hetero) is 1. The third-order valence-corrected chi connectivity index (χ3v) is 2.25. The minimum atomic E-state index is 0.213. The van der Waals surface area contributed by atoms with Crippen LogP contribution in [0.5, 0.6) is 0 Å². The molecule has 50 valence electrons. The molecular weight excluding hydrogens is 143 g/mol. The second kappa shape index (κ2) is 1.95. The average Bonchev–Trinajstić information content (AvgIpc) is 2.35.